The number of halogens is 2. The van der Waals surface area contributed by atoms with Gasteiger partial charge in [0.05, 0.1) is 35.7 Å². The second kappa shape index (κ2) is 9.43. The maximum Gasteiger partial charge on any atom is 0.329 e. The van der Waals surface area contributed by atoms with Crippen LogP contribution in [0.25, 0.3) is 10.9 Å². The van der Waals surface area contributed by atoms with Gasteiger partial charge in [0, 0.05) is 25.7 Å². The van der Waals surface area contributed by atoms with Crippen LogP contribution in [-0.4, -0.2) is 62.3 Å². The molecule has 5 rings (SSSR count). The fourth-order valence-corrected chi connectivity index (χ4v) is 5.04. The predicted molar refractivity (Wildman–Crippen MR) is 125 cm³/mol. The number of likely N-dealkylation sites (tertiary alicyclic amines) is 1. The number of aromatic amines is 1. The smallest absolute Gasteiger partial charge is 0.329 e. The molecule has 3 aromatic rings. The van der Waals surface area contributed by atoms with Gasteiger partial charge in [-0.15, -0.1) is 0 Å². The molecule has 3 N–H and O–H groups in total. The van der Waals surface area contributed by atoms with E-state index >= 15 is 0 Å². The number of phenolic OH excluding ortho intramolecular Hbond substituents is 1. The van der Waals surface area contributed by atoms with Crippen LogP contribution in [0.5, 0.6) is 5.75 Å². The molecule has 190 valence electrons. The largest absolute Gasteiger partial charge is 0.507 e. The number of rotatable bonds is 6. The topological polar surface area (TPSA) is 130 Å². The van der Waals surface area contributed by atoms with Crippen LogP contribution >= 0.6 is 0 Å². The number of H-pyrrole nitrogens is 1. The average molecular weight is 501 g/mol. The molecule has 2 bridgehead atoms. The zero-order valence-electron chi connectivity index (χ0n) is 19.4. The Morgan fingerprint density at radius 3 is 2.69 bits per heavy atom. The van der Waals surface area contributed by atoms with E-state index < -0.39 is 40.9 Å². The zero-order valence-corrected chi connectivity index (χ0v) is 19.4. The Morgan fingerprint density at radius 1 is 1.28 bits per heavy atom. The number of carbonyl (C=O) groups is 1. The van der Waals surface area contributed by atoms with Crippen LogP contribution in [-0.2, 0) is 9.53 Å². The molecule has 0 spiro atoms. The number of carbonyl (C=O) groups excluding carboxylic acids is 1. The van der Waals surface area contributed by atoms with Gasteiger partial charge in [0.1, 0.15) is 28.8 Å². The van der Waals surface area contributed by atoms with Crippen molar-refractivity contribution >= 4 is 16.8 Å². The molecule has 2 fully saturated rings. The van der Waals surface area contributed by atoms with E-state index in [1.54, 1.807) is 0 Å². The van der Waals surface area contributed by atoms with Gasteiger partial charge in [0.15, 0.2) is 0 Å². The third kappa shape index (κ3) is 4.49. The Labute approximate surface area is 203 Å². The first-order chi connectivity index (χ1) is 17.2. The highest BCUT2D eigenvalue weighted by Crippen LogP contribution is 2.27. The van der Waals surface area contributed by atoms with Crippen molar-refractivity contribution in [2.45, 2.75) is 44.1 Å². The van der Waals surface area contributed by atoms with Gasteiger partial charge in [-0.3, -0.25) is 19.5 Å². The summed E-state index contributed by atoms with van der Waals surface area (Å²) in [6.07, 6.45) is 2.60. The maximum absolute atomic E-state index is 14.3. The Kier molecular flexibility index (Phi) is 6.31. The molecule has 4 atom stereocenters. The second-order valence-electron chi connectivity index (χ2n) is 9.25. The number of hydrogen-bond acceptors (Lipinski definition) is 7. The molecule has 1 aromatic carbocycles. The minimum atomic E-state index is -1.31. The van der Waals surface area contributed by atoms with Crippen molar-refractivity contribution in [2.24, 2.45) is 0 Å². The van der Waals surface area contributed by atoms with Gasteiger partial charge in [0.25, 0.3) is 5.56 Å². The lowest BCUT2D eigenvalue weighted by Crippen LogP contribution is -2.52. The van der Waals surface area contributed by atoms with Crippen LogP contribution in [0.2, 0.25) is 0 Å². The summed E-state index contributed by atoms with van der Waals surface area (Å²) < 4.78 is 34.2. The molecule has 1 amide bonds. The third-order valence-corrected chi connectivity index (χ3v) is 6.71. The molecule has 0 aliphatic carbocycles. The van der Waals surface area contributed by atoms with E-state index in [2.05, 4.69) is 15.3 Å². The van der Waals surface area contributed by atoms with E-state index in [0.29, 0.717) is 19.2 Å². The van der Waals surface area contributed by atoms with Gasteiger partial charge in [-0.25, -0.2) is 18.1 Å². The molecule has 2 saturated heterocycles. The monoisotopic (exact) mass is 501 g/mol. The number of fused-ring (bicyclic) bond motifs is 3. The van der Waals surface area contributed by atoms with Crippen LogP contribution in [0.3, 0.4) is 0 Å². The molecule has 12 heteroatoms. The van der Waals surface area contributed by atoms with Gasteiger partial charge in [0.2, 0.25) is 5.91 Å². The number of aromatic nitrogens is 3. The lowest BCUT2D eigenvalue weighted by atomic mass is 10.1. The predicted octanol–water partition coefficient (Wildman–Crippen LogP) is 1.35. The van der Waals surface area contributed by atoms with Gasteiger partial charge >= 0.3 is 5.69 Å². The first kappa shape index (κ1) is 24.1. The first-order valence-electron chi connectivity index (χ1n) is 11.7. The number of hydrogen-bond donors (Lipinski definition) is 3. The summed E-state index contributed by atoms with van der Waals surface area (Å²) in [4.78, 5) is 48.2. The van der Waals surface area contributed by atoms with Crippen LogP contribution in [0.15, 0.2) is 40.1 Å². The van der Waals surface area contributed by atoms with Crippen molar-refractivity contribution in [1.29, 1.82) is 0 Å². The summed E-state index contributed by atoms with van der Waals surface area (Å²) in [6, 6.07) is 2.64. The summed E-state index contributed by atoms with van der Waals surface area (Å²) in [5, 5.41) is 12.8. The number of nitrogens with zero attached hydrogens (tertiary/aromatic N) is 3. The maximum atomic E-state index is 14.3. The highest BCUT2D eigenvalue weighted by atomic mass is 19.1. The fourth-order valence-electron chi connectivity index (χ4n) is 5.04. The highest BCUT2D eigenvalue weighted by Gasteiger charge is 2.37. The fraction of sp³-hybridized carbons (Fsp3) is 0.417. The molecule has 2 aliphatic rings. The van der Waals surface area contributed by atoms with Gasteiger partial charge in [-0.1, -0.05) is 6.07 Å². The number of ether oxygens (including phenoxy) is 1. The quantitative estimate of drug-likeness (QED) is 0.465. The van der Waals surface area contributed by atoms with Crippen LogP contribution in [0.1, 0.15) is 37.5 Å². The summed E-state index contributed by atoms with van der Waals surface area (Å²) in [5.74, 6) is -2.86. The summed E-state index contributed by atoms with van der Waals surface area (Å²) >= 11 is 0. The van der Waals surface area contributed by atoms with E-state index in [9.17, 15) is 28.3 Å². The number of morpholine rings is 1. The third-order valence-electron chi connectivity index (χ3n) is 6.71. The normalized spacial score (nSPS) is 21.4. The second-order valence-corrected chi connectivity index (χ2v) is 9.25. The SMILES string of the molecule is C[C@@H](NC(=O)[C@H](CN1CC2CCC(C1)O2)n1c(=O)[nH]c2cccc(O)c2c1=O)c1ncc(F)cc1F. The molecule has 0 saturated carbocycles. The molecule has 10 nitrogen and oxygen atoms in total. The molecule has 0 radical (unpaired) electrons. The lowest BCUT2D eigenvalue weighted by molar-refractivity contribution is -0.126. The van der Waals surface area contributed by atoms with Crippen LogP contribution in [0.4, 0.5) is 8.78 Å². The molecule has 4 heterocycles. The van der Waals surface area contributed by atoms with E-state index in [4.69, 9.17) is 4.74 Å². The van der Waals surface area contributed by atoms with Gasteiger partial charge in [-0.2, -0.15) is 0 Å². The Balaban J connectivity index is 1.52. The number of nitrogens with one attached hydrogen (secondary N) is 2. The molecule has 2 aliphatic heterocycles. The van der Waals surface area contributed by atoms with Crippen molar-refractivity contribution in [3.8, 4) is 5.75 Å². The lowest BCUT2D eigenvalue weighted by Gasteiger charge is -2.34. The molecule has 2 unspecified atom stereocenters. The summed E-state index contributed by atoms with van der Waals surface area (Å²) in [5.41, 5.74) is -1.71. The van der Waals surface area contributed by atoms with E-state index in [1.165, 1.54) is 25.1 Å². The summed E-state index contributed by atoms with van der Waals surface area (Å²) in [6.45, 7) is 2.52. The number of benzene rings is 1. The minimum Gasteiger partial charge on any atom is -0.507 e. The van der Waals surface area contributed by atoms with E-state index in [1.807, 2.05) is 4.90 Å². The average Bonchev–Trinajstić information content (AvgIpc) is 3.15. The molecule has 2 aromatic heterocycles. The molecular formula is C24H25F2N5O5. The van der Waals surface area contributed by atoms with Crippen molar-refractivity contribution in [3.63, 3.8) is 0 Å². The highest BCUT2D eigenvalue weighted by molar-refractivity contribution is 5.85. The van der Waals surface area contributed by atoms with Crippen molar-refractivity contribution < 1.29 is 23.4 Å². The molecule has 36 heavy (non-hydrogen) atoms. The van der Waals surface area contributed by atoms with Gasteiger partial charge in [-0.05, 0) is 31.9 Å². The molecular weight excluding hydrogens is 476 g/mol. The van der Waals surface area contributed by atoms with Crippen molar-refractivity contribution in [1.82, 2.24) is 24.8 Å². The number of amides is 1. The standard InChI is InChI=1S/C24H25F2N5O5/c1-12(21-16(26)7-13(25)8-27-21)28-22(33)18(11-30-9-14-5-6-15(10-30)36-14)31-23(34)20-17(29-24(31)35)3-2-4-19(20)32/h2-4,7-8,12,14-15,18,32H,5-6,9-11H2,1H3,(H,28,33)(H,29,35)/t12-,14?,15?,18+/m1/s1. The van der Waals surface area contributed by atoms with Crippen LogP contribution < -0.4 is 16.6 Å². The summed E-state index contributed by atoms with van der Waals surface area (Å²) in [7, 11) is 0. The van der Waals surface area contributed by atoms with Crippen molar-refractivity contribution in [2.75, 3.05) is 19.6 Å². The number of aromatic hydroxyl groups is 1. The Bertz CT molecular complexity index is 1430. The Hall–Kier alpha value is -3.64. The Morgan fingerprint density at radius 2 is 2.00 bits per heavy atom. The van der Waals surface area contributed by atoms with Crippen LogP contribution in [0, 0.1) is 11.6 Å². The first-order valence-corrected chi connectivity index (χ1v) is 11.7. The van der Waals surface area contributed by atoms with Crippen molar-refractivity contribution in [3.05, 3.63) is 68.6 Å². The number of phenols is 1. The number of pyridine rings is 1. The van der Waals surface area contributed by atoms with Gasteiger partial charge < -0.3 is 20.1 Å². The van der Waals surface area contributed by atoms with E-state index in [0.717, 1.165) is 23.6 Å². The van der Waals surface area contributed by atoms with E-state index in [-0.39, 0.29) is 41.1 Å². The minimum absolute atomic E-state index is 0.000416. The zero-order chi connectivity index (χ0) is 25.6.